The van der Waals surface area contributed by atoms with E-state index in [1.165, 1.54) is 0 Å². The lowest BCUT2D eigenvalue weighted by atomic mass is 10.2. The summed E-state index contributed by atoms with van der Waals surface area (Å²) in [5.74, 6) is 0. The Hall–Kier alpha value is -2.38. The highest BCUT2D eigenvalue weighted by atomic mass is 35.5. The quantitative estimate of drug-likeness (QED) is 0.338. The molecule has 0 bridgehead atoms. The molecule has 0 aliphatic rings. The fourth-order valence-electron chi connectivity index (χ4n) is 2.34. The van der Waals surface area contributed by atoms with Gasteiger partial charge in [-0.1, -0.05) is 35.3 Å². The zero-order chi connectivity index (χ0) is 19.9. The van der Waals surface area contributed by atoms with Crippen LogP contribution in [0.1, 0.15) is 0 Å². The van der Waals surface area contributed by atoms with E-state index < -0.39 is 0 Å². The van der Waals surface area contributed by atoms with Crippen LogP contribution in [0.3, 0.4) is 0 Å². The van der Waals surface area contributed by atoms with E-state index in [0.717, 1.165) is 22.7 Å². The van der Waals surface area contributed by atoms with E-state index in [9.17, 15) is 0 Å². The molecule has 0 fully saturated rings. The summed E-state index contributed by atoms with van der Waals surface area (Å²) >= 11 is 22.6. The zero-order valence-electron chi connectivity index (χ0n) is 14.5. The van der Waals surface area contributed by atoms with Gasteiger partial charge in [-0.2, -0.15) is 0 Å². The van der Waals surface area contributed by atoms with Crippen molar-refractivity contribution >= 4 is 80.6 Å². The highest BCUT2D eigenvalue weighted by Crippen LogP contribution is 2.22. The van der Waals surface area contributed by atoms with Gasteiger partial charge in [0.15, 0.2) is 10.2 Å². The molecule has 4 nitrogen and oxygen atoms in total. The average molecular weight is 447 g/mol. The summed E-state index contributed by atoms with van der Waals surface area (Å²) in [4.78, 5) is 0. The van der Waals surface area contributed by atoms with Crippen LogP contribution < -0.4 is 21.3 Å². The van der Waals surface area contributed by atoms with Gasteiger partial charge in [-0.25, -0.2) is 0 Å². The molecule has 0 saturated heterocycles. The second-order valence-corrected chi connectivity index (χ2v) is 7.41. The maximum atomic E-state index is 5.90. The van der Waals surface area contributed by atoms with Crippen LogP contribution in [0.15, 0.2) is 72.8 Å². The largest absolute Gasteiger partial charge is 0.332 e. The molecule has 0 spiro atoms. The van der Waals surface area contributed by atoms with E-state index in [2.05, 4.69) is 21.3 Å². The van der Waals surface area contributed by atoms with Crippen molar-refractivity contribution in [2.45, 2.75) is 0 Å². The molecule has 0 heterocycles. The third-order valence-corrected chi connectivity index (χ3v) is 4.54. The minimum atomic E-state index is 0.452. The molecular weight excluding hydrogens is 431 g/mol. The third kappa shape index (κ3) is 6.07. The van der Waals surface area contributed by atoms with E-state index in [-0.39, 0.29) is 0 Å². The summed E-state index contributed by atoms with van der Waals surface area (Å²) in [6.07, 6.45) is 0. The van der Waals surface area contributed by atoms with E-state index in [1.807, 2.05) is 48.5 Å². The van der Waals surface area contributed by atoms with Gasteiger partial charge in [0.2, 0.25) is 0 Å². The standard InChI is InChI=1S/C20H16Cl2N4S2/c21-13-5-9-15(10-6-13)23-19(27)25-17-3-1-2-4-18(17)26-20(28)24-16-11-7-14(22)8-12-16/h1-12H,(H2,23,25,27)(H2,24,26,28). The first kappa shape index (κ1) is 20.4. The van der Waals surface area contributed by atoms with Crippen molar-refractivity contribution in [2.24, 2.45) is 0 Å². The summed E-state index contributed by atoms with van der Waals surface area (Å²) in [5, 5.41) is 14.8. The maximum absolute atomic E-state index is 5.90. The average Bonchev–Trinajstić information content (AvgIpc) is 2.67. The molecule has 3 rings (SSSR count). The number of nitrogens with one attached hydrogen (secondary N) is 4. The molecule has 3 aromatic carbocycles. The molecule has 0 saturated carbocycles. The Balaban J connectivity index is 1.63. The lowest BCUT2D eigenvalue weighted by Gasteiger charge is -2.16. The third-order valence-electron chi connectivity index (χ3n) is 3.63. The van der Waals surface area contributed by atoms with Crippen LogP contribution in [0.2, 0.25) is 10.0 Å². The smallest absolute Gasteiger partial charge is 0.175 e. The Kier molecular flexibility index (Phi) is 7.06. The summed E-state index contributed by atoms with van der Waals surface area (Å²) in [7, 11) is 0. The number of para-hydroxylation sites is 2. The first-order chi connectivity index (χ1) is 13.5. The van der Waals surface area contributed by atoms with E-state index >= 15 is 0 Å². The lowest BCUT2D eigenvalue weighted by Crippen LogP contribution is -2.22. The number of hydrogen-bond acceptors (Lipinski definition) is 2. The van der Waals surface area contributed by atoms with Gasteiger partial charge in [0.25, 0.3) is 0 Å². The van der Waals surface area contributed by atoms with Crippen molar-refractivity contribution in [3.8, 4) is 0 Å². The minimum absolute atomic E-state index is 0.452. The van der Waals surface area contributed by atoms with Crippen molar-refractivity contribution in [1.29, 1.82) is 0 Å². The Bertz CT molecular complexity index is 896. The maximum Gasteiger partial charge on any atom is 0.175 e. The molecule has 0 aliphatic carbocycles. The summed E-state index contributed by atoms with van der Waals surface area (Å²) < 4.78 is 0. The van der Waals surface area contributed by atoms with Crippen LogP contribution in [0, 0.1) is 0 Å². The van der Waals surface area contributed by atoms with Gasteiger partial charge >= 0.3 is 0 Å². The molecule has 0 aliphatic heterocycles. The van der Waals surface area contributed by atoms with Gasteiger partial charge in [-0.15, -0.1) is 0 Å². The first-order valence-corrected chi connectivity index (χ1v) is 9.83. The van der Waals surface area contributed by atoms with E-state index in [1.54, 1.807) is 24.3 Å². The number of anilines is 4. The van der Waals surface area contributed by atoms with Gasteiger partial charge in [0.05, 0.1) is 11.4 Å². The van der Waals surface area contributed by atoms with Crippen LogP contribution in [0.4, 0.5) is 22.7 Å². The molecule has 8 heteroatoms. The summed E-state index contributed by atoms with van der Waals surface area (Å²) in [6, 6.07) is 22.2. The van der Waals surface area contributed by atoms with Crippen LogP contribution in [-0.4, -0.2) is 10.2 Å². The van der Waals surface area contributed by atoms with Crippen molar-refractivity contribution in [3.63, 3.8) is 0 Å². The fourth-order valence-corrected chi connectivity index (χ4v) is 3.04. The fraction of sp³-hybridized carbons (Fsp3) is 0. The predicted octanol–water partition coefficient (Wildman–Crippen LogP) is 6.61. The second-order valence-electron chi connectivity index (χ2n) is 5.72. The van der Waals surface area contributed by atoms with Gasteiger partial charge in [-0.05, 0) is 85.1 Å². The monoisotopic (exact) mass is 446 g/mol. The summed E-state index contributed by atoms with van der Waals surface area (Å²) in [5.41, 5.74) is 3.25. The van der Waals surface area contributed by atoms with Crippen LogP contribution in [0.25, 0.3) is 0 Å². The normalized spacial score (nSPS) is 10.1. The Labute approximate surface area is 184 Å². The van der Waals surface area contributed by atoms with Crippen LogP contribution in [0.5, 0.6) is 0 Å². The topological polar surface area (TPSA) is 48.1 Å². The van der Waals surface area contributed by atoms with E-state index in [0.29, 0.717) is 20.3 Å². The number of benzene rings is 3. The molecule has 4 N–H and O–H groups in total. The first-order valence-electron chi connectivity index (χ1n) is 8.26. The predicted molar refractivity (Wildman–Crippen MR) is 129 cm³/mol. The molecule has 0 atom stereocenters. The Morgan fingerprint density at radius 3 is 1.25 bits per heavy atom. The van der Waals surface area contributed by atoms with Crippen molar-refractivity contribution in [3.05, 3.63) is 82.8 Å². The van der Waals surface area contributed by atoms with Gasteiger partial charge in [-0.3, -0.25) is 0 Å². The number of halogens is 2. The molecule has 0 aromatic heterocycles. The Morgan fingerprint density at radius 2 is 0.893 bits per heavy atom. The highest BCUT2D eigenvalue weighted by Gasteiger charge is 2.06. The molecule has 0 radical (unpaired) electrons. The van der Waals surface area contributed by atoms with Crippen molar-refractivity contribution in [1.82, 2.24) is 0 Å². The number of thiocarbonyl (C=S) groups is 2. The highest BCUT2D eigenvalue weighted by molar-refractivity contribution is 7.81. The molecule has 142 valence electrons. The van der Waals surface area contributed by atoms with E-state index in [4.69, 9.17) is 47.6 Å². The SMILES string of the molecule is S=C(Nc1ccc(Cl)cc1)Nc1ccccc1NC(=S)Nc1ccc(Cl)cc1. The van der Waals surface area contributed by atoms with Crippen LogP contribution >= 0.6 is 47.6 Å². The van der Waals surface area contributed by atoms with Crippen molar-refractivity contribution in [2.75, 3.05) is 21.3 Å². The van der Waals surface area contributed by atoms with Gasteiger partial charge in [0, 0.05) is 21.4 Å². The number of rotatable bonds is 4. The molecule has 0 amide bonds. The zero-order valence-corrected chi connectivity index (χ0v) is 17.6. The van der Waals surface area contributed by atoms with Crippen LogP contribution in [-0.2, 0) is 0 Å². The molecule has 0 unspecified atom stereocenters. The number of hydrogen-bond donors (Lipinski definition) is 4. The molecule has 28 heavy (non-hydrogen) atoms. The minimum Gasteiger partial charge on any atom is -0.332 e. The molecular formula is C20H16Cl2N4S2. The Morgan fingerprint density at radius 1 is 0.536 bits per heavy atom. The second kappa shape index (κ2) is 9.71. The van der Waals surface area contributed by atoms with Gasteiger partial charge in [0.1, 0.15) is 0 Å². The molecule has 3 aromatic rings. The summed E-state index contributed by atoms with van der Waals surface area (Å²) in [6.45, 7) is 0. The lowest BCUT2D eigenvalue weighted by molar-refractivity contribution is 1.56. The van der Waals surface area contributed by atoms with Crippen molar-refractivity contribution < 1.29 is 0 Å². The van der Waals surface area contributed by atoms with Gasteiger partial charge < -0.3 is 21.3 Å².